The molecule has 112 valence electrons. The van der Waals surface area contributed by atoms with Crippen LogP contribution in [0.5, 0.6) is 5.75 Å². The second-order valence-corrected chi connectivity index (χ2v) is 6.03. The highest BCUT2D eigenvalue weighted by Gasteiger charge is 2.24. The molecule has 2 aromatic rings. The normalized spacial score (nSPS) is 13.5. The molecule has 0 saturated carbocycles. The molecule has 2 N–H and O–H groups in total. The quantitative estimate of drug-likeness (QED) is 0.862. The summed E-state index contributed by atoms with van der Waals surface area (Å²) in [7, 11) is 0. The molecular weight excluding hydrogens is 286 g/mol. The Kier molecular flexibility index (Phi) is 4.98. The van der Waals surface area contributed by atoms with Gasteiger partial charge in [0.2, 0.25) is 0 Å². The van der Waals surface area contributed by atoms with Crippen molar-refractivity contribution >= 4 is 17.2 Å². The molecule has 1 aromatic heterocycles. The minimum atomic E-state index is -1.06. The van der Waals surface area contributed by atoms with Crippen LogP contribution in [0.2, 0.25) is 0 Å². The van der Waals surface area contributed by atoms with Gasteiger partial charge in [0.15, 0.2) is 6.61 Å². The number of hydrogen-bond acceptors (Lipinski definition) is 4. The molecule has 0 spiro atoms. The molecule has 1 unspecified atom stereocenters. The van der Waals surface area contributed by atoms with Crippen molar-refractivity contribution in [2.45, 2.75) is 19.4 Å². The SMILES string of the molecule is Cc1ccccc1OCC(=O)NCC(C)(O)c1cccs1. The zero-order chi connectivity index (χ0) is 15.3. The molecule has 2 rings (SSSR count). The Bertz CT molecular complexity index is 593. The molecule has 21 heavy (non-hydrogen) atoms. The van der Waals surface area contributed by atoms with Crippen LogP contribution < -0.4 is 10.1 Å². The Morgan fingerprint density at radius 3 is 2.76 bits per heavy atom. The lowest BCUT2D eigenvalue weighted by atomic mass is 10.1. The van der Waals surface area contributed by atoms with Gasteiger partial charge in [0.1, 0.15) is 11.4 Å². The van der Waals surface area contributed by atoms with E-state index in [1.165, 1.54) is 11.3 Å². The number of benzene rings is 1. The van der Waals surface area contributed by atoms with E-state index < -0.39 is 5.60 Å². The maximum absolute atomic E-state index is 11.8. The lowest BCUT2D eigenvalue weighted by Gasteiger charge is -2.22. The Morgan fingerprint density at radius 1 is 1.33 bits per heavy atom. The van der Waals surface area contributed by atoms with E-state index in [0.29, 0.717) is 5.75 Å². The fraction of sp³-hybridized carbons (Fsp3) is 0.312. The number of para-hydroxylation sites is 1. The number of carbonyl (C=O) groups is 1. The Balaban J connectivity index is 1.82. The summed E-state index contributed by atoms with van der Waals surface area (Å²) in [6, 6.07) is 11.2. The molecule has 1 heterocycles. The lowest BCUT2D eigenvalue weighted by Crippen LogP contribution is -2.40. The van der Waals surface area contributed by atoms with Crippen LogP contribution in [0.25, 0.3) is 0 Å². The molecule has 0 bridgehead atoms. The topological polar surface area (TPSA) is 58.6 Å². The van der Waals surface area contributed by atoms with Gasteiger partial charge >= 0.3 is 0 Å². The smallest absolute Gasteiger partial charge is 0.258 e. The highest BCUT2D eigenvalue weighted by atomic mass is 32.1. The van der Waals surface area contributed by atoms with Crippen molar-refractivity contribution in [2.24, 2.45) is 0 Å². The fourth-order valence-electron chi connectivity index (χ4n) is 1.86. The van der Waals surface area contributed by atoms with Crippen LogP contribution in [-0.4, -0.2) is 24.2 Å². The van der Waals surface area contributed by atoms with Crippen molar-refractivity contribution in [2.75, 3.05) is 13.2 Å². The van der Waals surface area contributed by atoms with Crippen molar-refractivity contribution < 1.29 is 14.6 Å². The molecular formula is C16H19NO3S. The number of ether oxygens (including phenoxy) is 1. The van der Waals surface area contributed by atoms with Gasteiger partial charge in [-0.2, -0.15) is 0 Å². The molecule has 1 atom stereocenters. The third-order valence-corrected chi connectivity index (χ3v) is 4.26. The maximum Gasteiger partial charge on any atom is 0.258 e. The number of amides is 1. The number of aryl methyl sites for hydroxylation is 1. The molecule has 0 aliphatic carbocycles. The highest BCUT2D eigenvalue weighted by Crippen LogP contribution is 2.24. The van der Waals surface area contributed by atoms with Gasteiger partial charge in [0, 0.05) is 4.88 Å². The molecule has 0 fully saturated rings. The first-order valence-electron chi connectivity index (χ1n) is 6.70. The average molecular weight is 305 g/mol. The summed E-state index contributed by atoms with van der Waals surface area (Å²) in [5, 5.41) is 14.9. The van der Waals surface area contributed by atoms with Gasteiger partial charge < -0.3 is 15.2 Å². The van der Waals surface area contributed by atoms with Gasteiger partial charge in [-0.25, -0.2) is 0 Å². The summed E-state index contributed by atoms with van der Waals surface area (Å²) >= 11 is 1.46. The standard InChI is InChI=1S/C16H19NO3S/c1-12-6-3-4-7-13(12)20-10-15(18)17-11-16(2,19)14-8-5-9-21-14/h3-9,19H,10-11H2,1-2H3,(H,17,18). The van der Waals surface area contributed by atoms with Crippen molar-refractivity contribution in [3.8, 4) is 5.75 Å². The third kappa shape index (κ3) is 4.31. The molecule has 0 aliphatic heterocycles. The maximum atomic E-state index is 11.8. The predicted octanol–water partition coefficient (Wildman–Crippen LogP) is 2.46. The van der Waals surface area contributed by atoms with Crippen LogP contribution in [0.3, 0.4) is 0 Å². The van der Waals surface area contributed by atoms with Crippen molar-refractivity contribution in [3.05, 3.63) is 52.2 Å². The first-order chi connectivity index (χ1) is 9.99. The van der Waals surface area contributed by atoms with Gasteiger partial charge in [-0.3, -0.25) is 4.79 Å². The van der Waals surface area contributed by atoms with Crippen LogP contribution in [0.15, 0.2) is 41.8 Å². The number of rotatable bonds is 6. The van der Waals surface area contributed by atoms with Crippen LogP contribution in [0, 0.1) is 6.92 Å². The minimum absolute atomic E-state index is 0.0641. The van der Waals surface area contributed by atoms with E-state index in [4.69, 9.17) is 4.74 Å². The summed E-state index contributed by atoms with van der Waals surface area (Å²) in [6.07, 6.45) is 0. The molecule has 5 heteroatoms. The van der Waals surface area contributed by atoms with E-state index in [1.807, 2.05) is 48.7 Å². The highest BCUT2D eigenvalue weighted by molar-refractivity contribution is 7.10. The molecule has 4 nitrogen and oxygen atoms in total. The summed E-state index contributed by atoms with van der Waals surface area (Å²) in [5.74, 6) is 0.438. The molecule has 1 amide bonds. The number of nitrogens with one attached hydrogen (secondary N) is 1. The van der Waals surface area contributed by atoms with Gasteiger partial charge in [-0.05, 0) is 36.9 Å². The van der Waals surface area contributed by atoms with Gasteiger partial charge in [0.25, 0.3) is 5.91 Å². The van der Waals surface area contributed by atoms with Crippen LogP contribution in [0.1, 0.15) is 17.4 Å². The number of hydrogen-bond donors (Lipinski definition) is 2. The Labute approximate surface area is 128 Å². The Hall–Kier alpha value is -1.85. The molecule has 0 aliphatic rings. The van der Waals surface area contributed by atoms with Crippen molar-refractivity contribution in [3.63, 3.8) is 0 Å². The van der Waals surface area contributed by atoms with Crippen molar-refractivity contribution in [1.82, 2.24) is 5.32 Å². The average Bonchev–Trinajstić information content (AvgIpc) is 2.99. The largest absolute Gasteiger partial charge is 0.484 e. The Morgan fingerprint density at radius 2 is 2.10 bits per heavy atom. The first-order valence-corrected chi connectivity index (χ1v) is 7.58. The zero-order valence-corrected chi connectivity index (χ0v) is 12.9. The second kappa shape index (κ2) is 6.74. The summed E-state index contributed by atoms with van der Waals surface area (Å²) < 4.78 is 5.46. The zero-order valence-electron chi connectivity index (χ0n) is 12.1. The summed E-state index contributed by atoms with van der Waals surface area (Å²) in [4.78, 5) is 12.6. The van der Waals surface area contributed by atoms with E-state index in [9.17, 15) is 9.90 Å². The van der Waals surface area contributed by atoms with Crippen molar-refractivity contribution in [1.29, 1.82) is 0 Å². The first kappa shape index (κ1) is 15.5. The van der Waals surface area contributed by atoms with E-state index in [1.54, 1.807) is 6.92 Å². The summed E-state index contributed by atoms with van der Waals surface area (Å²) in [6.45, 7) is 3.70. The van der Waals surface area contributed by atoms with Crippen LogP contribution in [-0.2, 0) is 10.4 Å². The van der Waals surface area contributed by atoms with E-state index in [-0.39, 0.29) is 19.1 Å². The minimum Gasteiger partial charge on any atom is -0.484 e. The number of carbonyl (C=O) groups excluding carboxylic acids is 1. The lowest BCUT2D eigenvalue weighted by molar-refractivity contribution is -0.124. The van der Waals surface area contributed by atoms with Crippen LogP contribution >= 0.6 is 11.3 Å². The number of aliphatic hydroxyl groups is 1. The van der Waals surface area contributed by atoms with Gasteiger partial charge in [0.05, 0.1) is 6.54 Å². The van der Waals surface area contributed by atoms with Crippen LogP contribution in [0.4, 0.5) is 0 Å². The van der Waals surface area contributed by atoms with E-state index >= 15 is 0 Å². The fourth-order valence-corrected chi connectivity index (χ4v) is 2.64. The molecule has 0 radical (unpaired) electrons. The monoisotopic (exact) mass is 305 g/mol. The predicted molar refractivity (Wildman–Crippen MR) is 83.6 cm³/mol. The summed E-state index contributed by atoms with van der Waals surface area (Å²) in [5.41, 5.74) is -0.0807. The second-order valence-electron chi connectivity index (χ2n) is 5.08. The number of thiophene rings is 1. The molecule has 1 aromatic carbocycles. The van der Waals surface area contributed by atoms with Gasteiger partial charge in [-0.1, -0.05) is 24.3 Å². The third-order valence-electron chi connectivity index (χ3n) is 3.13. The van der Waals surface area contributed by atoms with E-state index in [2.05, 4.69) is 5.32 Å². The van der Waals surface area contributed by atoms with E-state index in [0.717, 1.165) is 10.4 Å². The molecule has 0 saturated heterocycles. The van der Waals surface area contributed by atoms with Gasteiger partial charge in [-0.15, -0.1) is 11.3 Å².